The number of rotatable bonds is 4. The molecule has 1 saturated heterocycles. The van der Waals surface area contributed by atoms with Crippen molar-refractivity contribution in [2.24, 2.45) is 0 Å². The molecule has 1 aliphatic heterocycles. The van der Waals surface area contributed by atoms with Gasteiger partial charge in [0.05, 0.1) is 11.2 Å². The van der Waals surface area contributed by atoms with Crippen LogP contribution in [0.3, 0.4) is 0 Å². The molecule has 2 aromatic rings. The van der Waals surface area contributed by atoms with E-state index in [-0.39, 0.29) is 17.4 Å². The number of hydrogen-bond acceptors (Lipinski definition) is 3. The summed E-state index contributed by atoms with van der Waals surface area (Å²) in [6.45, 7) is 8.01. The van der Waals surface area contributed by atoms with Crippen LogP contribution in [0.15, 0.2) is 42.5 Å². The van der Waals surface area contributed by atoms with E-state index >= 15 is 0 Å². The van der Waals surface area contributed by atoms with Crippen molar-refractivity contribution in [3.63, 3.8) is 0 Å². The highest BCUT2D eigenvalue weighted by Crippen LogP contribution is 2.37. The number of hydrogen-bond donors (Lipinski definition) is 0. The Kier molecular flexibility index (Phi) is 4.84. The third-order valence-corrected chi connectivity index (χ3v) is 4.99. The van der Waals surface area contributed by atoms with Crippen LogP contribution in [0.1, 0.15) is 33.3 Å². The van der Waals surface area contributed by atoms with Crippen LogP contribution in [-0.2, 0) is 15.9 Å². The van der Waals surface area contributed by atoms with Crippen molar-refractivity contribution in [2.75, 3.05) is 0 Å². The molecule has 0 N–H and O–H groups in total. The SMILES string of the molecule is CC1(C)OB(c2cc(Cl)cc(F)c2OCc2ccccc2)OC1(C)C. The highest BCUT2D eigenvalue weighted by Gasteiger charge is 2.52. The largest absolute Gasteiger partial charge is 0.498 e. The minimum Gasteiger partial charge on any atom is -0.486 e. The van der Waals surface area contributed by atoms with Crippen LogP contribution in [0, 0.1) is 5.82 Å². The molecule has 0 bridgehead atoms. The molecule has 3 rings (SSSR count). The molecule has 25 heavy (non-hydrogen) atoms. The van der Waals surface area contributed by atoms with Gasteiger partial charge in [-0.05, 0) is 45.4 Å². The molecule has 0 saturated carbocycles. The van der Waals surface area contributed by atoms with Gasteiger partial charge in [-0.1, -0.05) is 41.9 Å². The van der Waals surface area contributed by atoms with Gasteiger partial charge < -0.3 is 14.0 Å². The van der Waals surface area contributed by atoms with Gasteiger partial charge in [-0.25, -0.2) is 4.39 Å². The van der Waals surface area contributed by atoms with Gasteiger partial charge in [-0.3, -0.25) is 0 Å². The zero-order valence-electron chi connectivity index (χ0n) is 14.8. The Morgan fingerprint density at radius 1 is 1.04 bits per heavy atom. The second-order valence-electron chi connectivity index (χ2n) is 7.17. The fraction of sp³-hybridized carbons (Fsp3) is 0.368. The Bertz CT molecular complexity index is 749. The molecule has 0 atom stereocenters. The van der Waals surface area contributed by atoms with Gasteiger partial charge in [0.2, 0.25) is 0 Å². The highest BCUT2D eigenvalue weighted by molar-refractivity contribution is 6.63. The van der Waals surface area contributed by atoms with Crippen LogP contribution in [-0.4, -0.2) is 18.3 Å². The van der Waals surface area contributed by atoms with E-state index in [1.54, 1.807) is 6.07 Å². The first-order valence-corrected chi connectivity index (χ1v) is 8.59. The predicted octanol–water partition coefficient (Wildman–Crippen LogP) is 4.36. The second-order valence-corrected chi connectivity index (χ2v) is 7.60. The Morgan fingerprint density at radius 2 is 1.64 bits per heavy atom. The first-order chi connectivity index (χ1) is 11.7. The average Bonchev–Trinajstić information content (AvgIpc) is 2.75. The molecule has 0 aliphatic carbocycles. The van der Waals surface area contributed by atoms with Crippen LogP contribution in [0.4, 0.5) is 4.39 Å². The standard InChI is InChI=1S/C19H21BClFO3/c1-18(2)19(3,4)25-20(24-18)15-10-14(21)11-16(22)17(15)23-12-13-8-6-5-7-9-13/h5-11H,12H2,1-4H3. The topological polar surface area (TPSA) is 27.7 Å². The van der Waals surface area contributed by atoms with E-state index in [0.29, 0.717) is 5.46 Å². The molecule has 132 valence electrons. The number of benzene rings is 2. The van der Waals surface area contributed by atoms with Crippen LogP contribution in [0.5, 0.6) is 5.75 Å². The van der Waals surface area contributed by atoms with Gasteiger partial charge in [0, 0.05) is 10.5 Å². The van der Waals surface area contributed by atoms with Gasteiger partial charge in [0.1, 0.15) is 6.61 Å². The fourth-order valence-corrected chi connectivity index (χ4v) is 2.82. The lowest BCUT2D eigenvalue weighted by atomic mass is 9.78. The third-order valence-electron chi connectivity index (χ3n) is 4.77. The minimum atomic E-state index is -0.746. The van der Waals surface area contributed by atoms with Crippen LogP contribution in [0.25, 0.3) is 0 Å². The van der Waals surface area contributed by atoms with Gasteiger partial charge in [-0.2, -0.15) is 0 Å². The summed E-state index contributed by atoms with van der Waals surface area (Å²) >= 11 is 6.05. The smallest absolute Gasteiger partial charge is 0.486 e. The minimum absolute atomic E-state index is 0.103. The Labute approximate surface area is 153 Å². The molecular weight excluding hydrogens is 341 g/mol. The zero-order chi connectivity index (χ0) is 18.2. The zero-order valence-corrected chi connectivity index (χ0v) is 15.6. The van der Waals surface area contributed by atoms with E-state index in [9.17, 15) is 4.39 Å². The molecule has 0 amide bonds. The van der Waals surface area contributed by atoms with Crippen molar-refractivity contribution in [1.29, 1.82) is 0 Å². The summed E-state index contributed by atoms with van der Waals surface area (Å²) in [5.41, 5.74) is 0.330. The quantitative estimate of drug-likeness (QED) is 0.757. The molecule has 3 nitrogen and oxygen atoms in total. The third kappa shape index (κ3) is 3.69. The maximum atomic E-state index is 14.5. The van der Waals surface area contributed by atoms with E-state index in [0.717, 1.165) is 5.56 Å². The molecule has 1 heterocycles. The van der Waals surface area contributed by atoms with Gasteiger partial charge in [0.15, 0.2) is 11.6 Å². The van der Waals surface area contributed by atoms with Crippen molar-refractivity contribution in [3.8, 4) is 5.75 Å². The molecule has 1 aliphatic rings. The maximum absolute atomic E-state index is 14.5. The Balaban J connectivity index is 1.91. The molecule has 0 spiro atoms. The highest BCUT2D eigenvalue weighted by atomic mass is 35.5. The second kappa shape index (κ2) is 6.63. The van der Waals surface area contributed by atoms with E-state index in [2.05, 4.69) is 0 Å². The molecule has 2 aromatic carbocycles. The summed E-state index contributed by atoms with van der Waals surface area (Å²) in [4.78, 5) is 0. The Hall–Kier alpha value is -1.56. The molecule has 0 unspecified atom stereocenters. The van der Waals surface area contributed by atoms with E-state index in [1.807, 2.05) is 58.0 Å². The first kappa shape index (κ1) is 18.2. The lowest BCUT2D eigenvalue weighted by Crippen LogP contribution is -2.41. The van der Waals surface area contributed by atoms with E-state index in [1.165, 1.54) is 6.07 Å². The monoisotopic (exact) mass is 362 g/mol. The van der Waals surface area contributed by atoms with E-state index < -0.39 is 24.1 Å². The van der Waals surface area contributed by atoms with Crippen molar-refractivity contribution in [2.45, 2.75) is 45.5 Å². The van der Waals surface area contributed by atoms with Crippen molar-refractivity contribution in [1.82, 2.24) is 0 Å². The summed E-state index contributed by atoms with van der Waals surface area (Å²) in [5.74, 6) is -0.431. The van der Waals surface area contributed by atoms with E-state index in [4.69, 9.17) is 25.6 Å². The van der Waals surface area contributed by atoms with Gasteiger partial charge in [-0.15, -0.1) is 0 Å². The molecule has 0 radical (unpaired) electrons. The normalized spacial score (nSPS) is 18.4. The van der Waals surface area contributed by atoms with Crippen LogP contribution in [0.2, 0.25) is 5.02 Å². The van der Waals surface area contributed by atoms with Crippen molar-refractivity contribution < 1.29 is 18.4 Å². The summed E-state index contributed by atoms with van der Waals surface area (Å²) in [7, 11) is -0.746. The van der Waals surface area contributed by atoms with Crippen molar-refractivity contribution >= 4 is 24.2 Å². The summed E-state index contributed by atoms with van der Waals surface area (Å²) < 4.78 is 32.3. The molecule has 0 aromatic heterocycles. The lowest BCUT2D eigenvalue weighted by molar-refractivity contribution is 0.00578. The molecule has 1 fully saturated rings. The first-order valence-electron chi connectivity index (χ1n) is 8.21. The molecular formula is C19H21BClFO3. The fourth-order valence-electron chi connectivity index (χ4n) is 2.61. The summed E-state index contributed by atoms with van der Waals surface area (Å²) in [6, 6.07) is 12.4. The number of halogens is 2. The van der Waals surface area contributed by atoms with Crippen LogP contribution >= 0.6 is 11.6 Å². The Morgan fingerprint density at radius 3 is 2.24 bits per heavy atom. The predicted molar refractivity (Wildman–Crippen MR) is 97.9 cm³/mol. The van der Waals surface area contributed by atoms with Crippen LogP contribution < -0.4 is 10.2 Å². The molecule has 6 heteroatoms. The lowest BCUT2D eigenvalue weighted by Gasteiger charge is -2.32. The van der Waals surface area contributed by atoms with Gasteiger partial charge in [0.25, 0.3) is 0 Å². The van der Waals surface area contributed by atoms with Gasteiger partial charge >= 0.3 is 7.12 Å². The summed E-state index contributed by atoms with van der Waals surface area (Å²) in [5, 5.41) is 0.272. The van der Waals surface area contributed by atoms with Crippen molar-refractivity contribution in [3.05, 3.63) is 58.9 Å². The number of ether oxygens (including phenoxy) is 1. The summed E-state index contributed by atoms with van der Waals surface area (Å²) in [6.07, 6.45) is 0. The maximum Gasteiger partial charge on any atom is 0.498 e. The average molecular weight is 363 g/mol.